The third kappa shape index (κ3) is 5.33. The molecule has 1 heterocycles. The minimum Gasteiger partial charge on any atom is -0.383 e. The minimum atomic E-state index is 0.0289. The Bertz CT molecular complexity index is 240. The number of carbonyl (C=O) groups is 1. The van der Waals surface area contributed by atoms with Crippen molar-refractivity contribution in [1.82, 2.24) is 15.1 Å². The Morgan fingerprint density at radius 3 is 2.67 bits per heavy atom. The maximum atomic E-state index is 12.3. The van der Waals surface area contributed by atoms with E-state index in [2.05, 4.69) is 24.3 Å². The zero-order valence-corrected chi connectivity index (χ0v) is 11.9. The van der Waals surface area contributed by atoms with Crippen LogP contribution in [0.1, 0.15) is 19.3 Å². The van der Waals surface area contributed by atoms with E-state index in [9.17, 15) is 4.79 Å². The Kier molecular flexibility index (Phi) is 7.23. The average Bonchev–Trinajstić information content (AvgIpc) is 2.86. The number of nitrogens with zero attached hydrogens (tertiary/aromatic N) is 2. The van der Waals surface area contributed by atoms with Gasteiger partial charge in [-0.05, 0) is 46.4 Å². The molecular weight excluding hydrogens is 230 g/mol. The summed E-state index contributed by atoms with van der Waals surface area (Å²) in [5, 5.41) is 3.27. The largest absolute Gasteiger partial charge is 0.383 e. The third-order valence-electron chi connectivity index (χ3n) is 3.27. The number of rotatable bonds is 8. The van der Waals surface area contributed by atoms with Crippen molar-refractivity contribution in [3.8, 4) is 0 Å². The van der Waals surface area contributed by atoms with Crippen LogP contribution in [0.4, 0.5) is 0 Å². The first-order valence-electron chi connectivity index (χ1n) is 6.81. The monoisotopic (exact) mass is 257 g/mol. The first kappa shape index (κ1) is 15.4. The van der Waals surface area contributed by atoms with Crippen LogP contribution in [-0.4, -0.2) is 75.7 Å². The van der Waals surface area contributed by atoms with Gasteiger partial charge in [-0.1, -0.05) is 0 Å². The summed E-state index contributed by atoms with van der Waals surface area (Å²) in [6, 6.07) is 0.0289. The number of ether oxygens (including phenoxy) is 1. The van der Waals surface area contributed by atoms with Gasteiger partial charge in [0.2, 0.25) is 5.91 Å². The third-order valence-corrected chi connectivity index (χ3v) is 3.27. The Labute approximate surface area is 110 Å². The zero-order valence-electron chi connectivity index (χ0n) is 11.9. The first-order valence-corrected chi connectivity index (χ1v) is 6.81. The molecule has 0 radical (unpaired) electrons. The fourth-order valence-corrected chi connectivity index (χ4v) is 2.23. The smallest absolute Gasteiger partial charge is 0.239 e. The molecule has 1 rings (SSSR count). The number of hydrogen-bond acceptors (Lipinski definition) is 4. The molecule has 1 N–H and O–H groups in total. The molecular formula is C13H27N3O2. The highest BCUT2D eigenvalue weighted by molar-refractivity contribution is 5.82. The Hall–Kier alpha value is -0.650. The molecule has 1 aliphatic rings. The predicted molar refractivity (Wildman–Crippen MR) is 72.7 cm³/mol. The van der Waals surface area contributed by atoms with Crippen LogP contribution in [0.5, 0.6) is 0 Å². The van der Waals surface area contributed by atoms with E-state index in [0.29, 0.717) is 13.2 Å². The Morgan fingerprint density at radius 2 is 2.11 bits per heavy atom. The van der Waals surface area contributed by atoms with E-state index in [1.165, 1.54) is 0 Å². The van der Waals surface area contributed by atoms with Crippen LogP contribution >= 0.6 is 0 Å². The quantitative estimate of drug-likeness (QED) is 0.673. The lowest BCUT2D eigenvalue weighted by atomic mass is 10.2. The van der Waals surface area contributed by atoms with E-state index in [-0.39, 0.29) is 11.9 Å². The molecule has 1 amide bonds. The molecule has 5 nitrogen and oxygen atoms in total. The lowest BCUT2D eigenvalue weighted by Gasteiger charge is -2.26. The maximum absolute atomic E-state index is 12.3. The molecule has 0 unspecified atom stereocenters. The van der Waals surface area contributed by atoms with Gasteiger partial charge in [-0.25, -0.2) is 0 Å². The number of hydrogen-bond donors (Lipinski definition) is 1. The molecule has 0 bridgehead atoms. The summed E-state index contributed by atoms with van der Waals surface area (Å²) >= 11 is 0. The topological polar surface area (TPSA) is 44.8 Å². The van der Waals surface area contributed by atoms with Gasteiger partial charge in [0, 0.05) is 20.2 Å². The lowest BCUT2D eigenvalue weighted by molar-refractivity contribution is -0.133. The fourth-order valence-electron chi connectivity index (χ4n) is 2.23. The van der Waals surface area contributed by atoms with Crippen LogP contribution in [-0.2, 0) is 9.53 Å². The summed E-state index contributed by atoms with van der Waals surface area (Å²) in [6.07, 6.45) is 3.08. The molecule has 5 heteroatoms. The second kappa shape index (κ2) is 8.45. The van der Waals surface area contributed by atoms with Crippen molar-refractivity contribution >= 4 is 5.91 Å². The minimum absolute atomic E-state index is 0.0289. The van der Waals surface area contributed by atoms with Gasteiger partial charge < -0.3 is 19.9 Å². The summed E-state index contributed by atoms with van der Waals surface area (Å²) < 4.78 is 5.09. The zero-order chi connectivity index (χ0) is 13.4. The average molecular weight is 257 g/mol. The number of methoxy groups -OCH3 is 1. The summed E-state index contributed by atoms with van der Waals surface area (Å²) in [5.41, 5.74) is 0. The van der Waals surface area contributed by atoms with Crippen molar-refractivity contribution in [2.75, 3.05) is 54.0 Å². The molecule has 1 saturated heterocycles. The molecule has 106 valence electrons. The molecule has 0 aromatic rings. The second-order valence-electron chi connectivity index (χ2n) is 5.12. The molecule has 0 aliphatic carbocycles. The number of amides is 1. The lowest BCUT2D eigenvalue weighted by Crippen LogP contribution is -2.45. The van der Waals surface area contributed by atoms with Gasteiger partial charge in [0.25, 0.3) is 0 Å². The van der Waals surface area contributed by atoms with Crippen molar-refractivity contribution in [3.63, 3.8) is 0 Å². The summed E-state index contributed by atoms with van der Waals surface area (Å²) in [7, 11) is 5.79. The molecule has 1 aliphatic heterocycles. The molecule has 0 aromatic carbocycles. The molecule has 18 heavy (non-hydrogen) atoms. The van der Waals surface area contributed by atoms with Gasteiger partial charge in [-0.2, -0.15) is 0 Å². The standard InChI is InChI=1S/C13H27N3O2/c1-15(2)8-5-9-16(10-11-18-3)13(17)12-6-4-7-14-12/h12,14H,4-11H2,1-3H3/t12-/m0/s1. The molecule has 0 spiro atoms. The highest BCUT2D eigenvalue weighted by Crippen LogP contribution is 2.09. The molecule has 1 fully saturated rings. The van der Waals surface area contributed by atoms with E-state index in [1.54, 1.807) is 7.11 Å². The van der Waals surface area contributed by atoms with Crippen molar-refractivity contribution in [1.29, 1.82) is 0 Å². The molecule has 0 saturated carbocycles. The van der Waals surface area contributed by atoms with Crippen molar-refractivity contribution in [3.05, 3.63) is 0 Å². The fraction of sp³-hybridized carbons (Fsp3) is 0.923. The van der Waals surface area contributed by atoms with Gasteiger partial charge in [0.1, 0.15) is 0 Å². The maximum Gasteiger partial charge on any atom is 0.239 e. The number of carbonyl (C=O) groups excluding carboxylic acids is 1. The van der Waals surface area contributed by atoms with E-state index in [1.807, 2.05) is 4.90 Å². The molecule has 1 atom stereocenters. The summed E-state index contributed by atoms with van der Waals surface area (Å²) in [5.74, 6) is 0.239. The van der Waals surface area contributed by atoms with E-state index < -0.39 is 0 Å². The van der Waals surface area contributed by atoms with Crippen LogP contribution in [0.25, 0.3) is 0 Å². The number of nitrogens with one attached hydrogen (secondary N) is 1. The second-order valence-corrected chi connectivity index (χ2v) is 5.12. The van der Waals surface area contributed by atoms with Crippen molar-refractivity contribution in [2.45, 2.75) is 25.3 Å². The highest BCUT2D eigenvalue weighted by atomic mass is 16.5. The summed E-state index contributed by atoms with van der Waals surface area (Å²) in [6.45, 7) is 4.10. The van der Waals surface area contributed by atoms with Crippen LogP contribution in [0.3, 0.4) is 0 Å². The van der Waals surface area contributed by atoms with Crippen LogP contribution in [0.2, 0.25) is 0 Å². The molecule has 0 aromatic heterocycles. The van der Waals surface area contributed by atoms with Crippen LogP contribution < -0.4 is 5.32 Å². The van der Waals surface area contributed by atoms with Crippen molar-refractivity contribution < 1.29 is 9.53 Å². The van der Waals surface area contributed by atoms with E-state index >= 15 is 0 Å². The summed E-state index contributed by atoms with van der Waals surface area (Å²) in [4.78, 5) is 16.4. The normalized spacial score (nSPS) is 19.4. The highest BCUT2D eigenvalue weighted by Gasteiger charge is 2.26. The Balaban J connectivity index is 2.39. The van der Waals surface area contributed by atoms with E-state index in [0.717, 1.165) is 38.9 Å². The van der Waals surface area contributed by atoms with Gasteiger partial charge >= 0.3 is 0 Å². The van der Waals surface area contributed by atoms with Crippen LogP contribution in [0.15, 0.2) is 0 Å². The van der Waals surface area contributed by atoms with E-state index in [4.69, 9.17) is 4.74 Å². The van der Waals surface area contributed by atoms with Gasteiger partial charge in [0.15, 0.2) is 0 Å². The SMILES string of the molecule is COCCN(CCCN(C)C)C(=O)[C@@H]1CCCN1. The van der Waals surface area contributed by atoms with Crippen molar-refractivity contribution in [2.24, 2.45) is 0 Å². The van der Waals surface area contributed by atoms with Gasteiger partial charge in [-0.15, -0.1) is 0 Å². The van der Waals surface area contributed by atoms with Gasteiger partial charge in [-0.3, -0.25) is 4.79 Å². The Morgan fingerprint density at radius 1 is 1.33 bits per heavy atom. The predicted octanol–water partition coefficient (Wildman–Crippen LogP) is 0.165. The van der Waals surface area contributed by atoms with Gasteiger partial charge in [0.05, 0.1) is 12.6 Å². The first-order chi connectivity index (χ1) is 8.65. The van der Waals surface area contributed by atoms with Crippen LogP contribution in [0, 0.1) is 0 Å².